The highest BCUT2D eigenvalue weighted by Crippen LogP contribution is 2.30. The molecule has 1 aromatic heterocycles. The maximum absolute atomic E-state index is 5.99. The molecule has 0 bridgehead atoms. The van der Waals surface area contributed by atoms with Crippen LogP contribution in [0.25, 0.3) is 0 Å². The lowest BCUT2D eigenvalue weighted by Crippen LogP contribution is -2.21. The van der Waals surface area contributed by atoms with Gasteiger partial charge in [0, 0.05) is 10.9 Å². The van der Waals surface area contributed by atoms with E-state index in [1.54, 1.807) is 18.0 Å². The minimum atomic E-state index is 0.243. The second kappa shape index (κ2) is 6.26. The lowest BCUT2D eigenvalue weighted by atomic mass is 10.0. The Bertz CT molecular complexity index is 551. The summed E-state index contributed by atoms with van der Waals surface area (Å²) < 4.78 is 5.37. The standard InChI is InChI=1S/C15H20N2OS/c1-4-13(16)8-12-5-6-14(10(2)7-12)19-15-17-11(3)9-18-15/h5-7,9,13H,4,8,16H2,1-3H3. The molecular weight excluding hydrogens is 256 g/mol. The molecule has 0 aliphatic carbocycles. The summed E-state index contributed by atoms with van der Waals surface area (Å²) in [7, 11) is 0. The number of aryl methyl sites for hydroxylation is 2. The van der Waals surface area contributed by atoms with Gasteiger partial charge in [-0.2, -0.15) is 0 Å². The highest BCUT2D eigenvalue weighted by atomic mass is 32.2. The monoisotopic (exact) mass is 276 g/mol. The van der Waals surface area contributed by atoms with E-state index >= 15 is 0 Å². The molecule has 2 N–H and O–H groups in total. The first-order valence-corrected chi connectivity index (χ1v) is 7.35. The summed E-state index contributed by atoms with van der Waals surface area (Å²) in [6.07, 6.45) is 3.61. The summed E-state index contributed by atoms with van der Waals surface area (Å²) in [4.78, 5) is 5.48. The fourth-order valence-corrected chi connectivity index (χ4v) is 2.70. The number of oxazole rings is 1. The molecule has 0 saturated carbocycles. The third kappa shape index (κ3) is 3.85. The third-order valence-electron chi connectivity index (χ3n) is 3.06. The van der Waals surface area contributed by atoms with Crippen LogP contribution in [0.15, 0.2) is 39.0 Å². The van der Waals surface area contributed by atoms with Crippen LogP contribution in [-0.2, 0) is 6.42 Å². The van der Waals surface area contributed by atoms with Gasteiger partial charge in [0.1, 0.15) is 6.26 Å². The molecule has 0 amide bonds. The van der Waals surface area contributed by atoms with Crippen LogP contribution in [-0.4, -0.2) is 11.0 Å². The summed E-state index contributed by atoms with van der Waals surface area (Å²) >= 11 is 1.56. The smallest absolute Gasteiger partial charge is 0.260 e. The van der Waals surface area contributed by atoms with Crippen molar-refractivity contribution in [2.24, 2.45) is 5.73 Å². The van der Waals surface area contributed by atoms with Gasteiger partial charge in [-0.3, -0.25) is 0 Å². The van der Waals surface area contributed by atoms with Gasteiger partial charge in [-0.15, -0.1) is 0 Å². The van der Waals surface area contributed by atoms with Crippen LogP contribution < -0.4 is 5.73 Å². The number of aromatic nitrogens is 1. The average Bonchev–Trinajstić information content (AvgIpc) is 2.78. The van der Waals surface area contributed by atoms with Gasteiger partial charge in [0.25, 0.3) is 5.22 Å². The van der Waals surface area contributed by atoms with E-state index < -0.39 is 0 Å². The van der Waals surface area contributed by atoms with E-state index in [0.29, 0.717) is 5.22 Å². The normalized spacial score (nSPS) is 12.6. The van der Waals surface area contributed by atoms with Gasteiger partial charge in [-0.1, -0.05) is 19.1 Å². The molecule has 4 heteroatoms. The zero-order chi connectivity index (χ0) is 13.8. The van der Waals surface area contributed by atoms with Crippen LogP contribution >= 0.6 is 11.8 Å². The minimum Gasteiger partial charge on any atom is -0.439 e. The first-order chi connectivity index (χ1) is 9.08. The molecule has 2 rings (SSSR count). The predicted octanol–water partition coefficient (Wildman–Crippen LogP) is 3.72. The predicted molar refractivity (Wildman–Crippen MR) is 78.5 cm³/mol. The van der Waals surface area contributed by atoms with Crippen molar-refractivity contribution in [1.82, 2.24) is 4.98 Å². The van der Waals surface area contributed by atoms with Crippen molar-refractivity contribution < 1.29 is 4.42 Å². The lowest BCUT2D eigenvalue weighted by Gasteiger charge is -2.10. The van der Waals surface area contributed by atoms with Crippen LogP contribution in [0.5, 0.6) is 0 Å². The van der Waals surface area contributed by atoms with E-state index in [1.807, 2.05) is 6.92 Å². The molecule has 0 radical (unpaired) electrons. The Hall–Kier alpha value is -1.26. The van der Waals surface area contributed by atoms with Crippen molar-refractivity contribution >= 4 is 11.8 Å². The van der Waals surface area contributed by atoms with Gasteiger partial charge in [-0.25, -0.2) is 4.98 Å². The topological polar surface area (TPSA) is 52.0 Å². The van der Waals surface area contributed by atoms with Gasteiger partial charge in [0.05, 0.1) is 5.69 Å². The summed E-state index contributed by atoms with van der Waals surface area (Å²) in [5, 5.41) is 0.693. The molecule has 0 saturated heterocycles. The van der Waals surface area contributed by atoms with Gasteiger partial charge < -0.3 is 10.2 Å². The van der Waals surface area contributed by atoms with Crippen molar-refractivity contribution in [3.05, 3.63) is 41.3 Å². The van der Waals surface area contributed by atoms with Crippen molar-refractivity contribution in [1.29, 1.82) is 0 Å². The molecule has 1 atom stereocenters. The van der Waals surface area contributed by atoms with Crippen LogP contribution in [0, 0.1) is 13.8 Å². The van der Waals surface area contributed by atoms with E-state index in [9.17, 15) is 0 Å². The zero-order valence-electron chi connectivity index (χ0n) is 11.6. The Labute approximate surface area is 118 Å². The molecule has 1 aromatic carbocycles. The molecule has 0 aliphatic rings. The number of hydrogen-bond acceptors (Lipinski definition) is 4. The van der Waals surface area contributed by atoms with E-state index in [4.69, 9.17) is 10.2 Å². The first-order valence-electron chi connectivity index (χ1n) is 6.53. The Morgan fingerprint density at radius 1 is 1.37 bits per heavy atom. The van der Waals surface area contributed by atoms with E-state index in [0.717, 1.165) is 18.5 Å². The minimum absolute atomic E-state index is 0.243. The number of rotatable bonds is 5. The van der Waals surface area contributed by atoms with Crippen molar-refractivity contribution in [3.8, 4) is 0 Å². The fraction of sp³-hybridized carbons (Fsp3) is 0.400. The molecule has 3 nitrogen and oxygen atoms in total. The third-order valence-corrected chi connectivity index (χ3v) is 4.10. The molecule has 1 unspecified atom stereocenters. The number of hydrogen-bond donors (Lipinski definition) is 1. The number of nitrogens with zero attached hydrogens (tertiary/aromatic N) is 1. The highest BCUT2D eigenvalue weighted by Gasteiger charge is 2.08. The van der Waals surface area contributed by atoms with Gasteiger partial charge in [-0.05, 0) is 55.6 Å². The highest BCUT2D eigenvalue weighted by molar-refractivity contribution is 7.99. The van der Waals surface area contributed by atoms with Crippen LogP contribution in [0.3, 0.4) is 0 Å². The van der Waals surface area contributed by atoms with E-state index in [2.05, 4.69) is 37.0 Å². The molecule has 102 valence electrons. The number of nitrogens with two attached hydrogens (primary N) is 1. The summed E-state index contributed by atoms with van der Waals surface area (Å²) in [6.45, 7) is 6.15. The Morgan fingerprint density at radius 3 is 2.74 bits per heavy atom. The summed E-state index contributed by atoms with van der Waals surface area (Å²) in [6, 6.07) is 6.71. The van der Waals surface area contributed by atoms with E-state index in [-0.39, 0.29) is 6.04 Å². The molecule has 0 aliphatic heterocycles. The van der Waals surface area contributed by atoms with Crippen molar-refractivity contribution in [2.45, 2.75) is 49.8 Å². The van der Waals surface area contributed by atoms with Crippen LogP contribution in [0.2, 0.25) is 0 Å². The lowest BCUT2D eigenvalue weighted by molar-refractivity contribution is 0.454. The van der Waals surface area contributed by atoms with E-state index in [1.165, 1.54) is 16.0 Å². The van der Waals surface area contributed by atoms with Gasteiger partial charge >= 0.3 is 0 Å². The zero-order valence-corrected chi connectivity index (χ0v) is 12.5. The second-order valence-electron chi connectivity index (χ2n) is 4.83. The largest absolute Gasteiger partial charge is 0.439 e. The Morgan fingerprint density at radius 2 is 2.16 bits per heavy atom. The molecule has 1 heterocycles. The molecule has 2 aromatic rings. The van der Waals surface area contributed by atoms with Gasteiger partial charge in [0.15, 0.2) is 0 Å². The quantitative estimate of drug-likeness (QED) is 0.904. The Balaban J connectivity index is 2.10. The summed E-state index contributed by atoms with van der Waals surface area (Å²) in [5.74, 6) is 0. The fourth-order valence-electron chi connectivity index (χ4n) is 1.87. The Kier molecular flexibility index (Phi) is 4.66. The van der Waals surface area contributed by atoms with Crippen LogP contribution in [0.1, 0.15) is 30.2 Å². The maximum Gasteiger partial charge on any atom is 0.260 e. The van der Waals surface area contributed by atoms with Crippen molar-refractivity contribution in [3.63, 3.8) is 0 Å². The SMILES string of the molecule is CCC(N)Cc1ccc(Sc2nc(C)co2)c(C)c1. The second-order valence-corrected chi connectivity index (χ2v) is 5.82. The summed E-state index contributed by atoms with van der Waals surface area (Å²) in [5.41, 5.74) is 9.43. The number of benzene rings is 1. The molecule has 0 fully saturated rings. The molecule has 0 spiro atoms. The molecule has 19 heavy (non-hydrogen) atoms. The maximum atomic E-state index is 5.99. The molecular formula is C15H20N2OS. The van der Waals surface area contributed by atoms with Crippen molar-refractivity contribution in [2.75, 3.05) is 0 Å². The average molecular weight is 276 g/mol. The van der Waals surface area contributed by atoms with Gasteiger partial charge in [0.2, 0.25) is 0 Å². The van der Waals surface area contributed by atoms with Crippen LogP contribution in [0.4, 0.5) is 0 Å². The first kappa shape index (κ1) is 14.2.